The Morgan fingerprint density at radius 2 is 0.609 bits per heavy atom. The summed E-state index contributed by atoms with van der Waals surface area (Å²) in [6.07, 6.45) is 6.15. The van der Waals surface area contributed by atoms with Crippen LogP contribution >= 0.6 is 0 Å². The number of carbonyl (C=O) groups is 5. The Balaban J connectivity index is 1.82. The molecule has 0 unspecified atom stereocenters. The average molecular weight is 875 g/mol. The zero-order chi connectivity index (χ0) is 46.3. The highest BCUT2D eigenvalue weighted by Crippen LogP contribution is 2.41. The van der Waals surface area contributed by atoms with E-state index in [9.17, 15) is 24.0 Å². The van der Waals surface area contributed by atoms with Gasteiger partial charge in [-0.3, -0.25) is 0 Å². The van der Waals surface area contributed by atoms with Crippen LogP contribution in [0.5, 0.6) is 23.0 Å². The third kappa shape index (κ3) is 12.1. The number of benzene rings is 4. The summed E-state index contributed by atoms with van der Waals surface area (Å²) >= 11 is 0. The predicted molar refractivity (Wildman–Crippen MR) is 234 cm³/mol. The van der Waals surface area contributed by atoms with Crippen molar-refractivity contribution in [3.63, 3.8) is 0 Å². The lowest BCUT2D eigenvalue weighted by Crippen LogP contribution is -2.10. The molecule has 334 valence electrons. The third-order valence-electron chi connectivity index (χ3n) is 10.1. The fraction of sp³-hybridized carbons (Fsp3) is 0.260. The van der Waals surface area contributed by atoms with Gasteiger partial charge in [0.05, 0.1) is 35.5 Å². The Morgan fingerprint density at radius 1 is 0.391 bits per heavy atom. The van der Waals surface area contributed by atoms with Gasteiger partial charge in [0.2, 0.25) is 0 Å². The molecule has 64 heavy (non-hydrogen) atoms. The topological polar surface area (TPSA) is 168 Å². The van der Waals surface area contributed by atoms with E-state index in [4.69, 9.17) is 37.9 Å². The first kappa shape index (κ1) is 47.4. The Hall–Kier alpha value is -7.61. The molecule has 1 aliphatic carbocycles. The number of rotatable bonds is 17. The highest BCUT2D eigenvalue weighted by Gasteiger charge is 2.24. The van der Waals surface area contributed by atoms with Crippen LogP contribution < -0.4 is 18.9 Å². The van der Waals surface area contributed by atoms with Crippen molar-refractivity contribution in [3.05, 3.63) is 165 Å². The number of fused-ring (bicyclic) bond motifs is 8. The maximum absolute atomic E-state index is 12.7. The molecule has 0 saturated carbocycles. The fourth-order valence-corrected chi connectivity index (χ4v) is 7.61. The molecule has 8 bridgehead atoms. The van der Waals surface area contributed by atoms with E-state index in [-0.39, 0.29) is 52.1 Å². The molecule has 4 aromatic rings. The van der Waals surface area contributed by atoms with Gasteiger partial charge >= 0.3 is 29.8 Å². The molecule has 4 aromatic carbocycles. The summed E-state index contributed by atoms with van der Waals surface area (Å²) < 4.78 is 51.4. The van der Waals surface area contributed by atoms with Crippen LogP contribution in [0.2, 0.25) is 0 Å². The molecule has 0 heterocycles. The van der Waals surface area contributed by atoms with E-state index in [1.165, 1.54) is 7.11 Å². The van der Waals surface area contributed by atoms with Crippen molar-refractivity contribution in [2.45, 2.75) is 52.1 Å². The minimum atomic E-state index is -0.763. The second kappa shape index (κ2) is 22.5. The molecule has 0 fully saturated rings. The zero-order valence-electron chi connectivity index (χ0n) is 36.5. The SMILES string of the molecule is C=CC(=O)OCc1cc2c(OC)c(c1)Cc1cc(COC(=O)C=C)cc(c1OC)Cc1cc(COC(=O)/C=C\C(=O)OC)cc(c1OC)Cc1cc(COC(=O)C=C)cc(c1OC)C2. The molecule has 5 rings (SSSR count). The summed E-state index contributed by atoms with van der Waals surface area (Å²) in [5.74, 6) is -1.11. The molecule has 0 aliphatic heterocycles. The van der Waals surface area contributed by atoms with Crippen LogP contribution in [0.4, 0.5) is 0 Å². The molecule has 14 heteroatoms. The summed E-state index contributed by atoms with van der Waals surface area (Å²) in [5, 5.41) is 0. The summed E-state index contributed by atoms with van der Waals surface area (Å²) in [4.78, 5) is 61.2. The minimum Gasteiger partial charge on any atom is -0.496 e. The molecule has 0 amide bonds. The van der Waals surface area contributed by atoms with Gasteiger partial charge in [-0.05, 0) is 115 Å². The van der Waals surface area contributed by atoms with Crippen molar-refractivity contribution < 1.29 is 66.6 Å². The predicted octanol–water partition coefficient (Wildman–Crippen LogP) is 6.86. The van der Waals surface area contributed by atoms with Crippen molar-refractivity contribution in [2.24, 2.45) is 0 Å². The number of hydrogen-bond donors (Lipinski definition) is 0. The van der Waals surface area contributed by atoms with Crippen LogP contribution in [0.3, 0.4) is 0 Å². The van der Waals surface area contributed by atoms with E-state index in [1.807, 2.05) is 48.5 Å². The van der Waals surface area contributed by atoms with Gasteiger partial charge in [0.1, 0.15) is 49.4 Å². The Bertz CT molecular complexity index is 2360. The number of carbonyl (C=O) groups excluding carboxylic acids is 5. The summed E-state index contributed by atoms with van der Waals surface area (Å²) in [7, 11) is 7.46. The van der Waals surface area contributed by atoms with Gasteiger partial charge < -0.3 is 42.6 Å². The molecule has 0 saturated heterocycles. The zero-order valence-corrected chi connectivity index (χ0v) is 36.5. The number of hydrogen-bond acceptors (Lipinski definition) is 14. The normalized spacial score (nSPS) is 11.6. The van der Waals surface area contributed by atoms with E-state index >= 15 is 0 Å². The highest BCUT2D eigenvalue weighted by molar-refractivity contribution is 5.91. The number of ether oxygens (including phenoxy) is 9. The number of esters is 5. The van der Waals surface area contributed by atoms with Crippen molar-refractivity contribution in [1.82, 2.24) is 0 Å². The van der Waals surface area contributed by atoms with Crippen LogP contribution in [-0.2, 0) is 99.8 Å². The first-order valence-electron chi connectivity index (χ1n) is 19.9. The molecule has 0 aromatic heterocycles. The van der Waals surface area contributed by atoms with Crippen molar-refractivity contribution in [3.8, 4) is 23.0 Å². The van der Waals surface area contributed by atoms with Gasteiger partial charge in [-0.15, -0.1) is 0 Å². The standard InChI is InChI=1S/C50H50O14/c1-9-42(51)61-26-30-14-34-22-36-16-31(27-62-43(52)10-2)18-38(48(36)58-6)24-40-20-33(29-64-46(55)13-12-45(54)56-4)21-41(50(40)60-8)25-39-19-32(28-63-44(53)11-3)17-37(49(39)59-7)23-35(15-30)47(34)57-5/h9-21H,1-3,22-29H2,4-8H3/b13-12-. The first-order valence-corrected chi connectivity index (χ1v) is 19.9. The molecule has 0 atom stereocenters. The lowest BCUT2D eigenvalue weighted by atomic mass is 9.88. The minimum absolute atomic E-state index is 0.0671. The summed E-state index contributed by atoms with van der Waals surface area (Å²) in [6, 6.07) is 15.0. The smallest absolute Gasteiger partial charge is 0.331 e. The Labute approximate surface area is 371 Å². The average Bonchev–Trinajstić information content (AvgIpc) is 3.29. The molecule has 0 radical (unpaired) electrons. The maximum Gasteiger partial charge on any atom is 0.331 e. The van der Waals surface area contributed by atoms with Crippen LogP contribution in [-0.4, -0.2) is 65.4 Å². The van der Waals surface area contributed by atoms with E-state index in [0.29, 0.717) is 78.6 Å². The number of methoxy groups -OCH3 is 5. The van der Waals surface area contributed by atoms with E-state index in [1.54, 1.807) is 28.4 Å². The molecule has 0 N–H and O–H groups in total. The first-order chi connectivity index (χ1) is 30.9. The van der Waals surface area contributed by atoms with Crippen LogP contribution in [0.15, 0.2) is 98.6 Å². The van der Waals surface area contributed by atoms with E-state index in [2.05, 4.69) is 24.5 Å². The van der Waals surface area contributed by atoms with Crippen LogP contribution in [0.1, 0.15) is 66.8 Å². The summed E-state index contributed by atoms with van der Waals surface area (Å²) in [5.41, 5.74) is 8.25. The van der Waals surface area contributed by atoms with Gasteiger partial charge in [-0.1, -0.05) is 19.7 Å². The molecular weight excluding hydrogens is 825 g/mol. The Kier molecular flexibility index (Phi) is 16.7. The van der Waals surface area contributed by atoms with Gasteiger partial charge in [-0.25, -0.2) is 24.0 Å². The monoisotopic (exact) mass is 874 g/mol. The lowest BCUT2D eigenvalue weighted by Gasteiger charge is -2.23. The van der Waals surface area contributed by atoms with Gasteiger partial charge in [0.15, 0.2) is 0 Å². The van der Waals surface area contributed by atoms with E-state index < -0.39 is 29.8 Å². The van der Waals surface area contributed by atoms with Crippen molar-refractivity contribution >= 4 is 29.8 Å². The molecule has 14 nitrogen and oxygen atoms in total. The maximum atomic E-state index is 12.7. The lowest BCUT2D eigenvalue weighted by molar-refractivity contribution is -0.140. The summed E-state index contributed by atoms with van der Waals surface area (Å²) in [6.45, 7) is 10.2. The van der Waals surface area contributed by atoms with Gasteiger partial charge in [-0.2, -0.15) is 0 Å². The van der Waals surface area contributed by atoms with Gasteiger partial charge in [0.25, 0.3) is 0 Å². The van der Waals surface area contributed by atoms with Crippen molar-refractivity contribution in [2.75, 3.05) is 35.5 Å². The van der Waals surface area contributed by atoms with Crippen LogP contribution in [0, 0.1) is 0 Å². The molecular formula is C50H50O14. The fourth-order valence-electron chi connectivity index (χ4n) is 7.61. The quantitative estimate of drug-likeness (QED) is 0.0540. The van der Waals surface area contributed by atoms with Crippen molar-refractivity contribution in [1.29, 1.82) is 0 Å². The highest BCUT2D eigenvalue weighted by atomic mass is 16.5. The second-order valence-corrected chi connectivity index (χ2v) is 14.4. The molecule has 1 aliphatic rings. The van der Waals surface area contributed by atoms with Gasteiger partial charge in [0, 0.05) is 56.1 Å². The van der Waals surface area contributed by atoms with Crippen LogP contribution in [0.25, 0.3) is 0 Å². The Morgan fingerprint density at radius 3 is 0.812 bits per heavy atom. The second-order valence-electron chi connectivity index (χ2n) is 14.4. The largest absolute Gasteiger partial charge is 0.496 e. The molecule has 0 spiro atoms. The van der Waals surface area contributed by atoms with E-state index in [0.717, 1.165) is 41.5 Å². The third-order valence-corrected chi connectivity index (χ3v) is 10.1.